The Hall–Kier alpha value is -1.95. The zero-order chi connectivity index (χ0) is 13.4. The van der Waals surface area contributed by atoms with Crippen LogP contribution in [-0.4, -0.2) is 27.0 Å². The number of anilines is 1. The Labute approximate surface area is 115 Å². The topological polar surface area (TPSA) is 57.7 Å². The second-order valence-electron chi connectivity index (χ2n) is 4.60. The first-order valence-electron chi connectivity index (χ1n) is 6.07. The summed E-state index contributed by atoms with van der Waals surface area (Å²) in [5, 5.41) is 3.15. The van der Waals surface area contributed by atoms with Crippen molar-refractivity contribution in [1.82, 2.24) is 19.9 Å². The smallest absolute Gasteiger partial charge is 0.141 e. The maximum atomic E-state index is 4.56. The molecule has 0 saturated heterocycles. The van der Waals surface area contributed by atoms with E-state index in [2.05, 4.69) is 30.9 Å². The number of fused-ring (bicyclic) bond motifs is 1. The fourth-order valence-electron chi connectivity index (χ4n) is 2.08. The van der Waals surface area contributed by atoms with Gasteiger partial charge in [-0.15, -0.1) is 11.3 Å². The van der Waals surface area contributed by atoms with Crippen molar-refractivity contribution in [3.8, 4) is 0 Å². The summed E-state index contributed by atoms with van der Waals surface area (Å²) >= 11 is 1.64. The summed E-state index contributed by atoms with van der Waals surface area (Å²) in [6, 6.07) is 2.07. The third-order valence-corrected chi connectivity index (χ3v) is 3.73. The lowest BCUT2D eigenvalue weighted by Crippen LogP contribution is -2.19. The Bertz CT molecular complexity index is 715. The number of aryl methyl sites for hydroxylation is 2. The Morgan fingerprint density at radius 3 is 2.89 bits per heavy atom. The lowest BCUT2D eigenvalue weighted by Gasteiger charge is -2.18. The molecule has 0 saturated carbocycles. The second-order valence-corrected chi connectivity index (χ2v) is 5.50. The van der Waals surface area contributed by atoms with Crippen LogP contribution in [0, 0.1) is 13.8 Å². The van der Waals surface area contributed by atoms with Crippen LogP contribution >= 0.6 is 11.3 Å². The van der Waals surface area contributed by atoms with Crippen LogP contribution in [0.3, 0.4) is 0 Å². The number of nitrogens with one attached hydrogen (secondary N) is 1. The number of imidazole rings is 1. The van der Waals surface area contributed by atoms with E-state index >= 15 is 0 Å². The molecule has 0 bridgehead atoms. The van der Waals surface area contributed by atoms with E-state index in [1.54, 1.807) is 11.3 Å². The molecular formula is C13H15N5S. The van der Waals surface area contributed by atoms with Gasteiger partial charge in [0.25, 0.3) is 0 Å². The molecule has 3 aromatic rings. The molecule has 3 aromatic heterocycles. The Morgan fingerprint density at radius 2 is 2.16 bits per heavy atom. The quantitative estimate of drug-likeness (QED) is 0.797. The van der Waals surface area contributed by atoms with Gasteiger partial charge in [0, 0.05) is 18.9 Å². The standard InChI is InChI=1S/C13H15N5S/c1-8-6-14-11(15-8)7-18(3)12-10-4-5-19-13(10)17-9(2)16-12/h4-6H,7H2,1-3H3,(H,14,15). The molecule has 19 heavy (non-hydrogen) atoms. The van der Waals surface area contributed by atoms with E-state index < -0.39 is 0 Å². The summed E-state index contributed by atoms with van der Waals surface area (Å²) in [6.07, 6.45) is 1.84. The van der Waals surface area contributed by atoms with Crippen molar-refractivity contribution in [2.24, 2.45) is 0 Å². The fourth-order valence-corrected chi connectivity index (χ4v) is 2.89. The molecule has 0 aromatic carbocycles. The van der Waals surface area contributed by atoms with Crippen LogP contribution in [0.15, 0.2) is 17.6 Å². The number of hydrogen-bond acceptors (Lipinski definition) is 5. The minimum atomic E-state index is 0.704. The molecule has 0 fully saturated rings. The average molecular weight is 273 g/mol. The minimum Gasteiger partial charge on any atom is -0.352 e. The summed E-state index contributed by atoms with van der Waals surface area (Å²) < 4.78 is 0. The van der Waals surface area contributed by atoms with E-state index in [1.807, 2.05) is 32.5 Å². The molecule has 3 rings (SSSR count). The number of hydrogen-bond donors (Lipinski definition) is 1. The van der Waals surface area contributed by atoms with Gasteiger partial charge < -0.3 is 9.88 Å². The zero-order valence-electron chi connectivity index (χ0n) is 11.1. The molecular weight excluding hydrogens is 258 g/mol. The molecule has 98 valence electrons. The predicted octanol–water partition coefficient (Wildman–Crippen LogP) is 2.67. The Morgan fingerprint density at radius 1 is 1.32 bits per heavy atom. The van der Waals surface area contributed by atoms with Crippen LogP contribution in [0.5, 0.6) is 0 Å². The van der Waals surface area contributed by atoms with Crippen molar-refractivity contribution in [3.63, 3.8) is 0 Å². The first-order chi connectivity index (χ1) is 9.13. The van der Waals surface area contributed by atoms with E-state index in [4.69, 9.17) is 0 Å². The Balaban J connectivity index is 1.96. The van der Waals surface area contributed by atoms with Crippen molar-refractivity contribution in [2.45, 2.75) is 20.4 Å². The lowest BCUT2D eigenvalue weighted by molar-refractivity contribution is 0.839. The van der Waals surface area contributed by atoms with Gasteiger partial charge in [-0.05, 0) is 25.3 Å². The number of rotatable bonds is 3. The van der Waals surface area contributed by atoms with Gasteiger partial charge in [-0.25, -0.2) is 15.0 Å². The maximum Gasteiger partial charge on any atom is 0.141 e. The van der Waals surface area contributed by atoms with Gasteiger partial charge in [0.15, 0.2) is 0 Å². The molecule has 0 aliphatic carbocycles. The van der Waals surface area contributed by atoms with Gasteiger partial charge >= 0.3 is 0 Å². The largest absolute Gasteiger partial charge is 0.352 e. The monoisotopic (exact) mass is 273 g/mol. The molecule has 0 radical (unpaired) electrons. The molecule has 5 nitrogen and oxygen atoms in total. The average Bonchev–Trinajstić information content (AvgIpc) is 2.96. The molecule has 0 aliphatic rings. The van der Waals surface area contributed by atoms with Crippen LogP contribution in [0.1, 0.15) is 17.3 Å². The lowest BCUT2D eigenvalue weighted by atomic mass is 10.3. The molecule has 0 aliphatic heterocycles. The highest BCUT2D eigenvalue weighted by atomic mass is 32.1. The highest BCUT2D eigenvalue weighted by Crippen LogP contribution is 2.27. The van der Waals surface area contributed by atoms with Crippen LogP contribution in [0.25, 0.3) is 10.2 Å². The second kappa shape index (κ2) is 4.62. The van der Waals surface area contributed by atoms with E-state index in [0.717, 1.165) is 33.4 Å². The molecule has 0 atom stereocenters. The molecule has 1 N–H and O–H groups in total. The van der Waals surface area contributed by atoms with Gasteiger partial charge in [-0.1, -0.05) is 0 Å². The molecule has 6 heteroatoms. The van der Waals surface area contributed by atoms with Gasteiger partial charge in [-0.2, -0.15) is 0 Å². The van der Waals surface area contributed by atoms with Crippen LogP contribution < -0.4 is 4.90 Å². The predicted molar refractivity (Wildman–Crippen MR) is 77.6 cm³/mol. The van der Waals surface area contributed by atoms with Gasteiger partial charge in [0.2, 0.25) is 0 Å². The maximum absolute atomic E-state index is 4.56. The van der Waals surface area contributed by atoms with Crippen molar-refractivity contribution in [1.29, 1.82) is 0 Å². The summed E-state index contributed by atoms with van der Waals surface area (Å²) in [6.45, 7) is 4.63. The van der Waals surface area contributed by atoms with E-state index in [-0.39, 0.29) is 0 Å². The molecule has 0 amide bonds. The number of nitrogens with zero attached hydrogens (tertiary/aromatic N) is 4. The Kier molecular flexibility index (Phi) is 2.94. The third-order valence-electron chi connectivity index (χ3n) is 2.92. The van der Waals surface area contributed by atoms with Gasteiger partial charge in [0.05, 0.1) is 11.9 Å². The van der Waals surface area contributed by atoms with Crippen molar-refractivity contribution < 1.29 is 0 Å². The third kappa shape index (κ3) is 2.31. The first kappa shape index (κ1) is 12.1. The number of H-pyrrole nitrogens is 1. The van der Waals surface area contributed by atoms with Gasteiger partial charge in [-0.3, -0.25) is 0 Å². The normalized spacial score (nSPS) is 11.1. The highest BCUT2D eigenvalue weighted by Gasteiger charge is 2.12. The van der Waals surface area contributed by atoms with Crippen molar-refractivity contribution >= 4 is 27.4 Å². The summed E-state index contributed by atoms with van der Waals surface area (Å²) in [5.41, 5.74) is 1.07. The minimum absolute atomic E-state index is 0.704. The summed E-state index contributed by atoms with van der Waals surface area (Å²) in [4.78, 5) is 19.7. The molecule has 0 unspecified atom stereocenters. The molecule has 0 spiro atoms. The summed E-state index contributed by atoms with van der Waals surface area (Å²) in [7, 11) is 2.02. The van der Waals surface area contributed by atoms with Gasteiger partial charge in [0.1, 0.15) is 22.3 Å². The first-order valence-corrected chi connectivity index (χ1v) is 6.95. The number of aromatic amines is 1. The van der Waals surface area contributed by atoms with Crippen LogP contribution in [-0.2, 0) is 6.54 Å². The highest BCUT2D eigenvalue weighted by molar-refractivity contribution is 7.16. The van der Waals surface area contributed by atoms with Crippen molar-refractivity contribution in [2.75, 3.05) is 11.9 Å². The number of thiophene rings is 1. The summed E-state index contributed by atoms with van der Waals surface area (Å²) in [5.74, 6) is 2.70. The van der Waals surface area contributed by atoms with Crippen LogP contribution in [0.2, 0.25) is 0 Å². The zero-order valence-corrected chi connectivity index (χ0v) is 12.0. The van der Waals surface area contributed by atoms with Crippen LogP contribution in [0.4, 0.5) is 5.82 Å². The van der Waals surface area contributed by atoms with E-state index in [9.17, 15) is 0 Å². The SMILES string of the molecule is Cc1nc(N(C)Cc2ncc(C)[nH]2)c2ccsc2n1. The van der Waals surface area contributed by atoms with E-state index in [0.29, 0.717) is 6.54 Å². The van der Waals surface area contributed by atoms with E-state index in [1.165, 1.54) is 0 Å². The fraction of sp³-hybridized carbons (Fsp3) is 0.308. The number of aromatic nitrogens is 4. The van der Waals surface area contributed by atoms with Crippen molar-refractivity contribution in [3.05, 3.63) is 35.0 Å². The molecule has 3 heterocycles.